The maximum absolute atomic E-state index is 13.2. The minimum Gasteiger partial charge on any atom is -0.497 e. The van der Waals surface area contributed by atoms with Crippen LogP contribution in [0.1, 0.15) is 30.4 Å². The second-order valence-electron chi connectivity index (χ2n) is 6.40. The smallest absolute Gasteiger partial charge is 0.317 e. The Morgan fingerprint density at radius 2 is 1.93 bits per heavy atom. The molecule has 3 rings (SSSR count). The molecule has 0 fully saturated rings. The lowest BCUT2D eigenvalue weighted by atomic mass is 9.73. The third-order valence-corrected chi connectivity index (χ3v) is 4.74. The van der Waals surface area contributed by atoms with Gasteiger partial charge in [-0.05, 0) is 60.4 Å². The normalized spacial score (nSPS) is 19.4. The molecule has 0 aromatic heterocycles. The average molecular weight is 368 g/mol. The van der Waals surface area contributed by atoms with Crippen LogP contribution < -0.4 is 4.74 Å². The summed E-state index contributed by atoms with van der Waals surface area (Å²) in [4.78, 5) is 25.3. The van der Waals surface area contributed by atoms with Crippen LogP contribution in [-0.2, 0) is 14.3 Å². The molecule has 0 unspecified atom stereocenters. The summed E-state index contributed by atoms with van der Waals surface area (Å²) in [5, 5.41) is 0. The minimum atomic E-state index is -0.902. The van der Waals surface area contributed by atoms with Crippen molar-refractivity contribution in [1.29, 1.82) is 0 Å². The first-order valence-corrected chi connectivity index (χ1v) is 8.84. The third-order valence-electron chi connectivity index (χ3n) is 4.74. The summed E-state index contributed by atoms with van der Waals surface area (Å²) < 4.78 is 23.7. The monoisotopic (exact) mass is 368 g/mol. The molecule has 2 aromatic carbocycles. The van der Waals surface area contributed by atoms with Gasteiger partial charge in [-0.1, -0.05) is 24.3 Å². The lowest BCUT2D eigenvalue weighted by Gasteiger charge is -2.29. The van der Waals surface area contributed by atoms with Crippen molar-refractivity contribution in [1.82, 2.24) is 0 Å². The van der Waals surface area contributed by atoms with Crippen molar-refractivity contribution in [3.05, 3.63) is 71.6 Å². The Kier molecular flexibility index (Phi) is 5.69. The summed E-state index contributed by atoms with van der Waals surface area (Å²) in [5.74, 6) is -1.79. The highest BCUT2D eigenvalue weighted by Gasteiger charge is 2.39. The first-order valence-electron chi connectivity index (χ1n) is 8.84. The van der Waals surface area contributed by atoms with Gasteiger partial charge in [0.2, 0.25) is 0 Å². The van der Waals surface area contributed by atoms with Crippen molar-refractivity contribution in [2.45, 2.75) is 19.3 Å². The van der Waals surface area contributed by atoms with E-state index in [0.29, 0.717) is 12.2 Å². The molecule has 0 heterocycles. The lowest BCUT2D eigenvalue weighted by molar-refractivity contribution is -0.151. The van der Waals surface area contributed by atoms with Gasteiger partial charge in [0.05, 0.1) is 13.7 Å². The lowest BCUT2D eigenvalue weighted by Crippen LogP contribution is -2.34. The summed E-state index contributed by atoms with van der Waals surface area (Å²) in [6.07, 6.45) is 1.94. The number of carbonyl (C=O) groups is 2. The Morgan fingerprint density at radius 3 is 2.59 bits per heavy atom. The molecule has 2 aromatic rings. The van der Waals surface area contributed by atoms with Crippen LogP contribution in [0.4, 0.5) is 4.39 Å². The maximum Gasteiger partial charge on any atom is 0.317 e. The maximum atomic E-state index is 13.2. The number of rotatable bonds is 5. The van der Waals surface area contributed by atoms with E-state index in [-0.39, 0.29) is 24.1 Å². The van der Waals surface area contributed by atoms with Crippen molar-refractivity contribution in [3.8, 4) is 5.75 Å². The highest BCUT2D eigenvalue weighted by molar-refractivity contribution is 6.10. The predicted octanol–water partition coefficient (Wildman–Crippen LogP) is 4.15. The molecule has 140 valence electrons. The van der Waals surface area contributed by atoms with Crippen molar-refractivity contribution < 1.29 is 23.5 Å². The van der Waals surface area contributed by atoms with Gasteiger partial charge in [-0.25, -0.2) is 4.39 Å². The van der Waals surface area contributed by atoms with Gasteiger partial charge < -0.3 is 9.47 Å². The molecular formula is C22H21FO4. The molecule has 1 aliphatic rings. The number of esters is 1. The highest BCUT2D eigenvalue weighted by Crippen LogP contribution is 2.41. The fourth-order valence-electron chi connectivity index (χ4n) is 3.43. The third kappa shape index (κ3) is 4.08. The summed E-state index contributed by atoms with van der Waals surface area (Å²) in [5.41, 5.74) is 2.36. The van der Waals surface area contributed by atoms with Crippen molar-refractivity contribution in [2.24, 2.45) is 5.92 Å². The number of allylic oxidation sites excluding steroid dienone is 2. The van der Waals surface area contributed by atoms with Crippen LogP contribution in [0, 0.1) is 11.7 Å². The number of methoxy groups -OCH3 is 1. The van der Waals surface area contributed by atoms with E-state index >= 15 is 0 Å². The molecule has 5 heteroatoms. The molecule has 4 nitrogen and oxygen atoms in total. The molecule has 0 saturated carbocycles. The fraction of sp³-hybridized carbons (Fsp3) is 0.273. The van der Waals surface area contributed by atoms with Crippen molar-refractivity contribution >= 4 is 17.3 Å². The Morgan fingerprint density at radius 1 is 1.19 bits per heavy atom. The molecule has 0 bridgehead atoms. The molecule has 0 amide bonds. The van der Waals surface area contributed by atoms with Gasteiger partial charge in [-0.15, -0.1) is 0 Å². The van der Waals surface area contributed by atoms with E-state index in [9.17, 15) is 14.0 Å². The number of ether oxygens (including phenoxy) is 2. The molecule has 0 spiro atoms. The van der Waals surface area contributed by atoms with Gasteiger partial charge in [-0.2, -0.15) is 0 Å². The first-order chi connectivity index (χ1) is 13.0. The van der Waals surface area contributed by atoms with Gasteiger partial charge in [-0.3, -0.25) is 9.59 Å². The Balaban J connectivity index is 2.02. The molecule has 0 radical (unpaired) electrons. The second kappa shape index (κ2) is 8.16. The van der Waals surface area contributed by atoms with Crippen LogP contribution in [0.25, 0.3) is 5.57 Å². The zero-order valence-electron chi connectivity index (χ0n) is 15.3. The van der Waals surface area contributed by atoms with E-state index in [2.05, 4.69) is 0 Å². The fourth-order valence-corrected chi connectivity index (χ4v) is 3.43. The SMILES string of the molecule is CCOC(=O)[C@H]1C(=O)C=C(c2ccc(F)cc2)C[C@@H]1c1cccc(OC)c1. The van der Waals surface area contributed by atoms with E-state index in [1.54, 1.807) is 26.2 Å². The molecule has 0 aliphatic heterocycles. The van der Waals surface area contributed by atoms with Gasteiger partial charge in [0.15, 0.2) is 5.78 Å². The van der Waals surface area contributed by atoms with Gasteiger partial charge in [0, 0.05) is 5.92 Å². The van der Waals surface area contributed by atoms with E-state index < -0.39 is 11.9 Å². The standard InChI is InChI=1S/C22H21FO4/c1-3-27-22(25)21-19(15-5-4-6-18(11-15)26-2)12-16(13-20(21)24)14-7-9-17(23)10-8-14/h4-11,13,19,21H,3,12H2,1-2H3/t19-,21-/m1/s1. The van der Waals surface area contributed by atoms with Crippen LogP contribution in [-0.4, -0.2) is 25.5 Å². The van der Waals surface area contributed by atoms with Gasteiger partial charge >= 0.3 is 5.97 Å². The van der Waals surface area contributed by atoms with Gasteiger partial charge in [0.1, 0.15) is 17.5 Å². The van der Waals surface area contributed by atoms with Crippen LogP contribution in [0.2, 0.25) is 0 Å². The topological polar surface area (TPSA) is 52.6 Å². The summed E-state index contributed by atoms with van der Waals surface area (Å²) in [6.45, 7) is 1.92. The van der Waals surface area contributed by atoms with E-state index in [1.807, 2.05) is 24.3 Å². The number of benzene rings is 2. The van der Waals surface area contributed by atoms with Crippen LogP contribution in [0.3, 0.4) is 0 Å². The second-order valence-corrected chi connectivity index (χ2v) is 6.40. The average Bonchev–Trinajstić information content (AvgIpc) is 2.68. The summed E-state index contributed by atoms with van der Waals surface area (Å²) in [7, 11) is 1.57. The van der Waals surface area contributed by atoms with Gasteiger partial charge in [0.25, 0.3) is 0 Å². The first kappa shape index (κ1) is 18.8. The van der Waals surface area contributed by atoms with E-state index in [1.165, 1.54) is 18.2 Å². The Hall–Kier alpha value is -2.95. The quantitative estimate of drug-likeness (QED) is 0.588. The number of carbonyl (C=O) groups excluding carboxylic acids is 2. The van der Waals surface area contributed by atoms with E-state index in [0.717, 1.165) is 16.7 Å². The predicted molar refractivity (Wildman–Crippen MR) is 99.9 cm³/mol. The van der Waals surface area contributed by atoms with Crippen LogP contribution >= 0.6 is 0 Å². The Bertz CT molecular complexity index is 870. The molecule has 0 saturated heterocycles. The zero-order chi connectivity index (χ0) is 19.4. The summed E-state index contributed by atoms with van der Waals surface area (Å²) >= 11 is 0. The number of hydrogen-bond donors (Lipinski definition) is 0. The minimum absolute atomic E-state index is 0.210. The molecule has 27 heavy (non-hydrogen) atoms. The Labute approximate surface area is 157 Å². The van der Waals surface area contributed by atoms with Crippen molar-refractivity contribution in [3.63, 3.8) is 0 Å². The number of ketones is 1. The molecule has 1 aliphatic carbocycles. The van der Waals surface area contributed by atoms with Crippen molar-refractivity contribution in [2.75, 3.05) is 13.7 Å². The summed E-state index contributed by atoms with van der Waals surface area (Å²) in [6, 6.07) is 13.3. The number of hydrogen-bond acceptors (Lipinski definition) is 4. The van der Waals surface area contributed by atoms with E-state index in [4.69, 9.17) is 9.47 Å². The zero-order valence-corrected chi connectivity index (χ0v) is 15.3. The molecular weight excluding hydrogens is 347 g/mol. The van der Waals surface area contributed by atoms with Crippen LogP contribution in [0.15, 0.2) is 54.6 Å². The van der Waals surface area contributed by atoms with Crippen LogP contribution in [0.5, 0.6) is 5.75 Å². The molecule has 2 atom stereocenters. The largest absolute Gasteiger partial charge is 0.497 e. The number of halogens is 1. The molecule has 0 N–H and O–H groups in total. The highest BCUT2D eigenvalue weighted by atomic mass is 19.1.